The average Bonchev–Trinajstić information content (AvgIpc) is 2.82. The highest BCUT2D eigenvalue weighted by molar-refractivity contribution is 5.28. The van der Waals surface area contributed by atoms with E-state index in [2.05, 4.69) is 74.0 Å². The summed E-state index contributed by atoms with van der Waals surface area (Å²) < 4.78 is 2.16. The van der Waals surface area contributed by atoms with Crippen molar-refractivity contribution in [3.63, 3.8) is 0 Å². The largest absolute Gasteiger partial charge is 0.310 e. The predicted molar refractivity (Wildman–Crippen MR) is 88.6 cm³/mol. The van der Waals surface area contributed by atoms with Crippen LogP contribution in [0.4, 0.5) is 0 Å². The van der Waals surface area contributed by atoms with Gasteiger partial charge in [-0.25, -0.2) is 0 Å². The van der Waals surface area contributed by atoms with E-state index in [-0.39, 0.29) is 0 Å². The summed E-state index contributed by atoms with van der Waals surface area (Å²) in [6.07, 6.45) is 2.02. The Balaban J connectivity index is 2.25. The number of benzene rings is 1. The monoisotopic (exact) mass is 285 g/mol. The lowest BCUT2D eigenvalue weighted by atomic mass is 10.0. The van der Waals surface area contributed by atoms with E-state index < -0.39 is 0 Å². The minimum atomic E-state index is 0.473. The molecule has 0 atom stereocenters. The van der Waals surface area contributed by atoms with Crippen molar-refractivity contribution >= 4 is 0 Å². The molecule has 0 saturated heterocycles. The summed E-state index contributed by atoms with van der Waals surface area (Å²) in [5.41, 5.74) is 5.31. The fraction of sp³-hybridized carbons (Fsp3) is 0.500. The zero-order valence-electron chi connectivity index (χ0n) is 13.9. The maximum Gasteiger partial charge on any atom is 0.0665 e. The van der Waals surface area contributed by atoms with Crippen LogP contribution in [-0.2, 0) is 13.1 Å². The fourth-order valence-electron chi connectivity index (χ4n) is 2.63. The zero-order chi connectivity index (χ0) is 15.4. The van der Waals surface area contributed by atoms with Crippen molar-refractivity contribution in [2.75, 3.05) is 0 Å². The van der Waals surface area contributed by atoms with Gasteiger partial charge in [-0.2, -0.15) is 5.10 Å². The van der Waals surface area contributed by atoms with E-state index in [0.29, 0.717) is 12.0 Å². The van der Waals surface area contributed by atoms with Gasteiger partial charge in [0, 0.05) is 23.8 Å². The third-order valence-corrected chi connectivity index (χ3v) is 3.79. The molecule has 3 heteroatoms. The molecule has 21 heavy (non-hydrogen) atoms. The summed E-state index contributed by atoms with van der Waals surface area (Å²) >= 11 is 0. The second-order valence-electron chi connectivity index (χ2n) is 6.33. The summed E-state index contributed by atoms with van der Waals surface area (Å²) in [6.45, 7) is 12.7. The first kappa shape index (κ1) is 15.8. The molecule has 0 amide bonds. The lowest BCUT2D eigenvalue weighted by Gasteiger charge is -2.15. The predicted octanol–water partition coefficient (Wildman–Crippen LogP) is 3.86. The summed E-state index contributed by atoms with van der Waals surface area (Å²) in [5, 5.41) is 8.12. The van der Waals surface area contributed by atoms with Crippen LogP contribution < -0.4 is 5.32 Å². The maximum atomic E-state index is 4.63. The number of aryl methyl sites for hydroxylation is 1. The van der Waals surface area contributed by atoms with E-state index in [9.17, 15) is 0 Å². The Hall–Kier alpha value is -1.61. The molecular weight excluding hydrogens is 258 g/mol. The van der Waals surface area contributed by atoms with Crippen LogP contribution in [0.5, 0.6) is 0 Å². The van der Waals surface area contributed by atoms with Gasteiger partial charge in [-0.1, -0.05) is 52.0 Å². The topological polar surface area (TPSA) is 29.9 Å². The quantitative estimate of drug-likeness (QED) is 0.873. The Bertz CT molecular complexity index is 582. The van der Waals surface area contributed by atoms with Crippen LogP contribution in [0.1, 0.15) is 56.0 Å². The van der Waals surface area contributed by atoms with Crippen LogP contribution in [-0.4, -0.2) is 15.8 Å². The van der Waals surface area contributed by atoms with Crippen LogP contribution in [0.3, 0.4) is 0 Å². The molecule has 1 aromatic heterocycles. The summed E-state index contributed by atoms with van der Waals surface area (Å²) in [6, 6.07) is 9.03. The van der Waals surface area contributed by atoms with Crippen molar-refractivity contribution in [3.8, 4) is 0 Å². The molecule has 3 nitrogen and oxygen atoms in total. The van der Waals surface area contributed by atoms with Crippen LogP contribution in [0.15, 0.2) is 30.5 Å². The van der Waals surface area contributed by atoms with E-state index in [1.165, 1.54) is 22.4 Å². The minimum Gasteiger partial charge on any atom is -0.310 e. The molecular formula is C18H27N3. The van der Waals surface area contributed by atoms with Crippen molar-refractivity contribution in [1.29, 1.82) is 0 Å². The molecule has 0 aliphatic rings. The first-order valence-corrected chi connectivity index (χ1v) is 7.81. The van der Waals surface area contributed by atoms with Gasteiger partial charge in [0.15, 0.2) is 0 Å². The second kappa shape index (κ2) is 6.90. The first-order chi connectivity index (χ1) is 9.99. The Morgan fingerprint density at radius 1 is 1.10 bits per heavy atom. The SMILES string of the molecule is Cc1ccccc1Cn1ncc(CNC(C)C)c1C(C)C. The Morgan fingerprint density at radius 3 is 2.43 bits per heavy atom. The van der Waals surface area contributed by atoms with Crippen molar-refractivity contribution in [1.82, 2.24) is 15.1 Å². The molecule has 1 aromatic carbocycles. The summed E-state index contributed by atoms with van der Waals surface area (Å²) in [5.74, 6) is 0.473. The van der Waals surface area contributed by atoms with Gasteiger partial charge in [0.2, 0.25) is 0 Å². The molecule has 0 radical (unpaired) electrons. The number of rotatable bonds is 6. The van der Waals surface area contributed by atoms with Crippen molar-refractivity contribution < 1.29 is 0 Å². The van der Waals surface area contributed by atoms with Crippen molar-refractivity contribution in [2.24, 2.45) is 0 Å². The highest BCUT2D eigenvalue weighted by atomic mass is 15.3. The second-order valence-corrected chi connectivity index (χ2v) is 6.33. The van der Waals surface area contributed by atoms with Crippen LogP contribution in [0.2, 0.25) is 0 Å². The van der Waals surface area contributed by atoms with Gasteiger partial charge in [-0.05, 0) is 24.0 Å². The van der Waals surface area contributed by atoms with E-state index in [1.54, 1.807) is 0 Å². The third-order valence-electron chi connectivity index (χ3n) is 3.79. The van der Waals surface area contributed by atoms with Crippen molar-refractivity contribution in [2.45, 2.75) is 59.7 Å². The number of hydrogen-bond donors (Lipinski definition) is 1. The van der Waals surface area contributed by atoms with Gasteiger partial charge < -0.3 is 5.32 Å². The Kier molecular flexibility index (Phi) is 5.18. The van der Waals surface area contributed by atoms with Crippen LogP contribution in [0.25, 0.3) is 0 Å². The first-order valence-electron chi connectivity index (χ1n) is 7.81. The molecule has 2 aromatic rings. The highest BCUT2D eigenvalue weighted by Gasteiger charge is 2.15. The van der Waals surface area contributed by atoms with Crippen molar-refractivity contribution in [3.05, 3.63) is 52.8 Å². The standard InChI is InChI=1S/C18H27N3/c1-13(2)18-17(10-19-14(3)4)11-20-21(18)12-16-9-7-6-8-15(16)5/h6-9,11,13-14,19H,10,12H2,1-5H3. The molecule has 114 valence electrons. The molecule has 0 spiro atoms. The summed E-state index contributed by atoms with van der Waals surface area (Å²) in [4.78, 5) is 0. The third kappa shape index (κ3) is 3.94. The molecule has 0 bridgehead atoms. The Labute approximate surface area is 128 Å². The molecule has 2 rings (SSSR count). The molecule has 0 fully saturated rings. The van der Waals surface area contributed by atoms with E-state index in [0.717, 1.165) is 13.1 Å². The molecule has 0 aliphatic carbocycles. The summed E-state index contributed by atoms with van der Waals surface area (Å²) in [7, 11) is 0. The van der Waals surface area contributed by atoms with E-state index in [1.807, 2.05) is 6.20 Å². The molecule has 0 aliphatic heterocycles. The number of hydrogen-bond acceptors (Lipinski definition) is 2. The van der Waals surface area contributed by atoms with Gasteiger partial charge in [0.25, 0.3) is 0 Å². The normalized spacial score (nSPS) is 11.6. The number of nitrogens with zero attached hydrogens (tertiary/aromatic N) is 2. The molecule has 0 saturated carbocycles. The van der Waals surface area contributed by atoms with Crippen LogP contribution in [0, 0.1) is 6.92 Å². The number of nitrogens with one attached hydrogen (secondary N) is 1. The zero-order valence-corrected chi connectivity index (χ0v) is 13.9. The molecule has 0 unspecified atom stereocenters. The maximum absolute atomic E-state index is 4.63. The van der Waals surface area contributed by atoms with Gasteiger partial charge in [0.1, 0.15) is 0 Å². The smallest absolute Gasteiger partial charge is 0.0665 e. The average molecular weight is 285 g/mol. The lowest BCUT2D eigenvalue weighted by molar-refractivity contribution is 0.573. The van der Waals surface area contributed by atoms with Crippen LogP contribution >= 0.6 is 0 Å². The van der Waals surface area contributed by atoms with Gasteiger partial charge in [-0.15, -0.1) is 0 Å². The highest BCUT2D eigenvalue weighted by Crippen LogP contribution is 2.21. The molecule has 1 N–H and O–H groups in total. The van der Waals surface area contributed by atoms with Gasteiger partial charge >= 0.3 is 0 Å². The fourth-order valence-corrected chi connectivity index (χ4v) is 2.63. The van der Waals surface area contributed by atoms with E-state index in [4.69, 9.17) is 0 Å². The van der Waals surface area contributed by atoms with Gasteiger partial charge in [-0.3, -0.25) is 4.68 Å². The Morgan fingerprint density at radius 2 is 1.81 bits per heavy atom. The lowest BCUT2D eigenvalue weighted by Crippen LogP contribution is -2.22. The number of aromatic nitrogens is 2. The minimum absolute atomic E-state index is 0.473. The molecule has 1 heterocycles. The van der Waals surface area contributed by atoms with Gasteiger partial charge in [0.05, 0.1) is 12.7 Å². The van der Waals surface area contributed by atoms with E-state index >= 15 is 0 Å².